The number of aliphatic hydroxyl groups is 1. The van der Waals surface area contributed by atoms with Crippen molar-refractivity contribution in [1.29, 1.82) is 0 Å². The van der Waals surface area contributed by atoms with Crippen LogP contribution in [0.3, 0.4) is 0 Å². The summed E-state index contributed by atoms with van der Waals surface area (Å²) < 4.78 is 16.7. The normalized spacial score (nSPS) is 13.2. The second-order valence-corrected chi connectivity index (χ2v) is 5.78. The molecule has 0 unspecified atom stereocenters. The summed E-state index contributed by atoms with van der Waals surface area (Å²) in [7, 11) is -0.684. The first-order valence-corrected chi connectivity index (χ1v) is 6.92. The molecule has 0 atom stereocenters. The third kappa shape index (κ3) is 5.07. The molecule has 2 rings (SSSR count). The summed E-state index contributed by atoms with van der Waals surface area (Å²) in [6.07, 6.45) is 0. The van der Waals surface area contributed by atoms with Crippen LogP contribution in [0, 0.1) is 0 Å². The van der Waals surface area contributed by atoms with Gasteiger partial charge < -0.3 is 24.4 Å². The molecule has 7 heteroatoms. The van der Waals surface area contributed by atoms with Crippen molar-refractivity contribution in [3.05, 3.63) is 23.8 Å². The highest BCUT2D eigenvalue weighted by atomic mass is 35.5. The molecule has 0 aliphatic carbocycles. The molecular formula is C14H23BClNO4. The largest absolute Gasteiger partial charge is 0.788 e. The number of aliphatic hydroxyl groups excluding tert-OH is 1. The molecule has 118 valence electrons. The van der Waals surface area contributed by atoms with Crippen molar-refractivity contribution < 1.29 is 19.1 Å². The number of fused-ring (bicyclic) bond motifs is 1. The lowest BCUT2D eigenvalue weighted by Gasteiger charge is -2.19. The minimum atomic E-state index is -0.684. The maximum absolute atomic E-state index is 8.63. The summed E-state index contributed by atoms with van der Waals surface area (Å²) in [5, 5.41) is 11.7. The van der Waals surface area contributed by atoms with E-state index in [0.717, 1.165) is 5.75 Å². The third-order valence-electron chi connectivity index (χ3n) is 3.08. The Morgan fingerprint density at radius 2 is 1.90 bits per heavy atom. The number of rotatable bonds is 6. The van der Waals surface area contributed by atoms with Crippen LogP contribution in [0.1, 0.15) is 26.3 Å². The first kappa shape index (κ1) is 18.1. The fourth-order valence-electron chi connectivity index (χ4n) is 1.89. The summed E-state index contributed by atoms with van der Waals surface area (Å²) in [6, 6.07) is 5.97. The van der Waals surface area contributed by atoms with Crippen LogP contribution in [0.5, 0.6) is 11.5 Å². The highest BCUT2D eigenvalue weighted by Crippen LogP contribution is 2.37. The van der Waals surface area contributed by atoms with Gasteiger partial charge in [0.25, 0.3) is 0 Å². The van der Waals surface area contributed by atoms with Crippen molar-refractivity contribution in [2.75, 3.05) is 26.3 Å². The van der Waals surface area contributed by atoms with Crippen molar-refractivity contribution in [2.24, 2.45) is 0 Å². The summed E-state index contributed by atoms with van der Waals surface area (Å²) in [5.74, 6) is 1.44. The van der Waals surface area contributed by atoms with E-state index in [2.05, 4.69) is 26.1 Å². The van der Waals surface area contributed by atoms with Gasteiger partial charge in [-0.05, 0) is 23.1 Å². The monoisotopic (exact) mass is 315 g/mol. The topological polar surface area (TPSA) is 60.0 Å². The smallest absolute Gasteiger partial charge is 0.498 e. The predicted molar refractivity (Wildman–Crippen MR) is 85.3 cm³/mol. The number of hydrogen-bond donors (Lipinski definition) is 2. The lowest BCUT2D eigenvalue weighted by Crippen LogP contribution is -2.33. The molecule has 1 aliphatic rings. The fraction of sp³-hybridized carbons (Fsp3) is 0.571. The first-order valence-electron chi connectivity index (χ1n) is 6.92. The van der Waals surface area contributed by atoms with E-state index in [4.69, 9.17) is 19.1 Å². The van der Waals surface area contributed by atoms with Crippen LogP contribution in [0.2, 0.25) is 0 Å². The van der Waals surface area contributed by atoms with Crippen molar-refractivity contribution in [3.8, 4) is 11.5 Å². The molecule has 0 amide bonds. The van der Waals surface area contributed by atoms with Gasteiger partial charge in [0.15, 0.2) is 0 Å². The standard InChI is InChI=1S/C14H22BNO4.ClH/c1-14(2,3)11-4-5-12-13(10-11)20-15(19-12)18-9-7-16-6-8-17;/h4-5,10,16-17H,6-9H2,1-3H3;1H. The van der Waals surface area contributed by atoms with E-state index in [0.29, 0.717) is 25.4 Å². The van der Waals surface area contributed by atoms with E-state index in [1.54, 1.807) is 0 Å². The summed E-state index contributed by atoms with van der Waals surface area (Å²) in [5.41, 5.74) is 1.27. The summed E-state index contributed by atoms with van der Waals surface area (Å²) >= 11 is 0. The molecule has 1 aliphatic heterocycles. The average Bonchev–Trinajstić information content (AvgIpc) is 2.79. The number of hydrogen-bond acceptors (Lipinski definition) is 5. The zero-order valence-corrected chi connectivity index (χ0v) is 13.5. The molecule has 0 saturated heterocycles. The Morgan fingerprint density at radius 3 is 2.57 bits per heavy atom. The minimum absolute atomic E-state index is 0. The zero-order chi connectivity index (χ0) is 14.6. The minimum Gasteiger partial charge on any atom is -0.498 e. The Kier molecular flexibility index (Phi) is 6.80. The molecule has 0 bridgehead atoms. The van der Waals surface area contributed by atoms with Gasteiger partial charge in [0, 0.05) is 19.7 Å². The zero-order valence-electron chi connectivity index (χ0n) is 12.7. The molecule has 0 aromatic heterocycles. The van der Waals surface area contributed by atoms with Crippen LogP contribution < -0.4 is 14.6 Å². The average molecular weight is 316 g/mol. The second-order valence-electron chi connectivity index (χ2n) is 5.78. The predicted octanol–water partition coefficient (Wildman–Crippen LogP) is 1.76. The van der Waals surface area contributed by atoms with Gasteiger partial charge in [-0.2, -0.15) is 0 Å². The Balaban J connectivity index is 0.00000220. The molecule has 1 aromatic rings. The molecule has 5 nitrogen and oxygen atoms in total. The van der Waals surface area contributed by atoms with Gasteiger partial charge in [0.2, 0.25) is 0 Å². The van der Waals surface area contributed by atoms with E-state index in [1.807, 2.05) is 18.2 Å². The fourth-order valence-corrected chi connectivity index (χ4v) is 1.89. The Bertz CT molecular complexity index is 453. The Labute approximate surface area is 132 Å². The van der Waals surface area contributed by atoms with Gasteiger partial charge in [0.05, 0.1) is 6.61 Å². The van der Waals surface area contributed by atoms with Crippen LogP contribution >= 0.6 is 12.4 Å². The molecule has 0 fully saturated rings. The van der Waals surface area contributed by atoms with E-state index in [9.17, 15) is 0 Å². The maximum atomic E-state index is 8.63. The molecular weight excluding hydrogens is 292 g/mol. The molecule has 2 N–H and O–H groups in total. The van der Waals surface area contributed by atoms with E-state index in [-0.39, 0.29) is 24.4 Å². The molecule has 1 aromatic carbocycles. The van der Waals surface area contributed by atoms with Gasteiger partial charge in [-0.25, -0.2) is 0 Å². The first-order chi connectivity index (χ1) is 9.50. The number of nitrogens with one attached hydrogen (secondary N) is 1. The van der Waals surface area contributed by atoms with Crippen molar-refractivity contribution in [3.63, 3.8) is 0 Å². The summed E-state index contributed by atoms with van der Waals surface area (Å²) in [6.45, 7) is 8.27. The van der Waals surface area contributed by atoms with Crippen molar-refractivity contribution >= 4 is 19.7 Å². The molecule has 0 radical (unpaired) electrons. The number of benzene rings is 1. The van der Waals surface area contributed by atoms with Gasteiger partial charge in [0.1, 0.15) is 11.5 Å². The van der Waals surface area contributed by atoms with E-state index < -0.39 is 7.32 Å². The van der Waals surface area contributed by atoms with Gasteiger partial charge in [-0.3, -0.25) is 0 Å². The van der Waals surface area contributed by atoms with Crippen LogP contribution in [-0.4, -0.2) is 38.7 Å². The van der Waals surface area contributed by atoms with Crippen LogP contribution in [-0.2, 0) is 10.1 Å². The van der Waals surface area contributed by atoms with Crippen LogP contribution in [0.4, 0.5) is 0 Å². The highest BCUT2D eigenvalue weighted by molar-refractivity contribution is 6.40. The Hall–Kier alpha value is -0.945. The van der Waals surface area contributed by atoms with E-state index >= 15 is 0 Å². The highest BCUT2D eigenvalue weighted by Gasteiger charge is 2.35. The molecule has 21 heavy (non-hydrogen) atoms. The summed E-state index contributed by atoms with van der Waals surface area (Å²) in [4.78, 5) is 0. The van der Waals surface area contributed by atoms with Crippen molar-refractivity contribution in [1.82, 2.24) is 5.32 Å². The van der Waals surface area contributed by atoms with Gasteiger partial charge in [-0.1, -0.05) is 26.8 Å². The van der Waals surface area contributed by atoms with E-state index in [1.165, 1.54) is 5.56 Å². The molecule has 0 spiro atoms. The molecule has 0 saturated carbocycles. The Morgan fingerprint density at radius 1 is 1.19 bits per heavy atom. The van der Waals surface area contributed by atoms with Crippen LogP contribution in [0.15, 0.2) is 18.2 Å². The lowest BCUT2D eigenvalue weighted by atomic mass is 9.87. The lowest BCUT2D eigenvalue weighted by molar-refractivity contribution is 0.218. The van der Waals surface area contributed by atoms with Crippen molar-refractivity contribution in [2.45, 2.75) is 26.2 Å². The maximum Gasteiger partial charge on any atom is 0.788 e. The molecule has 1 heterocycles. The third-order valence-corrected chi connectivity index (χ3v) is 3.08. The van der Waals surface area contributed by atoms with Gasteiger partial charge >= 0.3 is 7.32 Å². The second kappa shape index (κ2) is 7.89. The van der Waals surface area contributed by atoms with Gasteiger partial charge in [-0.15, -0.1) is 12.4 Å². The number of halogens is 1. The quantitative estimate of drug-likeness (QED) is 0.619. The SMILES string of the molecule is CC(C)(C)c1ccc2c(c1)OB(OCCNCCO)O2.Cl. The van der Waals surface area contributed by atoms with Crippen LogP contribution in [0.25, 0.3) is 0 Å².